The average molecular weight is 578 g/mol. The van der Waals surface area contributed by atoms with Gasteiger partial charge in [0.15, 0.2) is 0 Å². The molecule has 0 aliphatic rings. The number of hydrogen-bond donors (Lipinski definition) is 3. The Morgan fingerprint density at radius 3 is 1.95 bits per heavy atom. The van der Waals surface area contributed by atoms with Crippen LogP contribution in [-0.2, 0) is 27.9 Å². The highest BCUT2D eigenvalue weighted by Crippen LogP contribution is 2.42. The number of aliphatic hydroxyl groups excluding tert-OH is 1. The van der Waals surface area contributed by atoms with Gasteiger partial charge in [-0.1, -0.05) is 90.2 Å². The number of hydrogen-bond acceptors (Lipinski definition) is 7. The van der Waals surface area contributed by atoms with Gasteiger partial charge in [-0.15, -0.1) is 0 Å². The van der Waals surface area contributed by atoms with Gasteiger partial charge in [-0.2, -0.15) is 0 Å². The third-order valence-electron chi connectivity index (χ3n) is 6.20. The number of carbonyl (C=O) groups is 2. The molecule has 0 aliphatic carbocycles. The van der Waals surface area contributed by atoms with E-state index in [2.05, 4.69) is 31.3 Å². The topological polar surface area (TPSA) is 131 Å². The van der Waals surface area contributed by atoms with Gasteiger partial charge in [0.2, 0.25) is 5.91 Å². The summed E-state index contributed by atoms with van der Waals surface area (Å²) in [4.78, 5) is 33.2. The maximum absolute atomic E-state index is 11.9. The number of ether oxygens (including phenoxy) is 1. The van der Waals surface area contributed by atoms with Crippen molar-refractivity contribution in [2.24, 2.45) is 0 Å². The first-order valence-electron chi connectivity index (χ1n) is 15.2. The van der Waals surface area contributed by atoms with E-state index in [0.29, 0.717) is 6.42 Å². The molecule has 0 fully saturated rings. The molecule has 39 heavy (non-hydrogen) atoms. The van der Waals surface area contributed by atoms with Crippen molar-refractivity contribution >= 4 is 19.7 Å². The van der Waals surface area contributed by atoms with Crippen LogP contribution >= 0.6 is 7.82 Å². The summed E-state index contributed by atoms with van der Waals surface area (Å²) in [6, 6.07) is 0. The molecule has 0 aliphatic heterocycles. The van der Waals surface area contributed by atoms with Crippen LogP contribution in [0.2, 0.25) is 0 Å². The van der Waals surface area contributed by atoms with Crippen LogP contribution in [0.15, 0.2) is 12.2 Å². The van der Waals surface area contributed by atoms with Crippen molar-refractivity contribution in [3.63, 3.8) is 0 Å². The summed E-state index contributed by atoms with van der Waals surface area (Å²) in [5.74, 6) is -0.545. The summed E-state index contributed by atoms with van der Waals surface area (Å²) in [6.07, 6.45) is 22.0. The molecule has 2 unspecified atom stereocenters. The maximum Gasteiger partial charge on any atom is 0.472 e. The lowest BCUT2D eigenvalue weighted by atomic mass is 10.1. The standard InChI is InChI=1S/C29H56NO8P/c1-3-5-7-9-10-11-12-13-14-15-16-17-18-19-21-28(32)30-23-24-37-39(34,35)38-26-27(31)25-36-29(33)22-20-8-6-4-2/h12-13,27,31H,3-11,14-26H2,1-2H3,(H,30,32)(H,34,35)/b13-12-. The molecule has 0 saturated heterocycles. The first kappa shape index (κ1) is 37.8. The Kier molecular flexibility index (Phi) is 26.1. The predicted octanol–water partition coefficient (Wildman–Crippen LogP) is 6.76. The molecule has 230 valence electrons. The van der Waals surface area contributed by atoms with E-state index in [9.17, 15) is 24.2 Å². The van der Waals surface area contributed by atoms with Gasteiger partial charge in [0.1, 0.15) is 12.7 Å². The Morgan fingerprint density at radius 2 is 1.31 bits per heavy atom. The zero-order valence-electron chi connectivity index (χ0n) is 24.6. The summed E-state index contributed by atoms with van der Waals surface area (Å²) in [7, 11) is -4.39. The van der Waals surface area contributed by atoms with Crippen LogP contribution in [0, 0.1) is 0 Å². The number of esters is 1. The smallest absolute Gasteiger partial charge is 0.463 e. The summed E-state index contributed by atoms with van der Waals surface area (Å²) in [6.45, 7) is 3.36. The van der Waals surface area contributed by atoms with Gasteiger partial charge in [-0.25, -0.2) is 4.57 Å². The highest BCUT2D eigenvalue weighted by atomic mass is 31.2. The average Bonchev–Trinajstić information content (AvgIpc) is 2.91. The summed E-state index contributed by atoms with van der Waals surface area (Å²) in [5.41, 5.74) is 0. The van der Waals surface area contributed by atoms with Gasteiger partial charge in [-0.3, -0.25) is 18.6 Å². The van der Waals surface area contributed by atoms with Crippen molar-refractivity contribution in [2.45, 2.75) is 136 Å². The summed E-state index contributed by atoms with van der Waals surface area (Å²) >= 11 is 0. The van der Waals surface area contributed by atoms with Gasteiger partial charge in [-0.05, 0) is 38.5 Å². The van der Waals surface area contributed by atoms with Gasteiger partial charge >= 0.3 is 13.8 Å². The fraction of sp³-hybridized carbons (Fsp3) is 0.862. The van der Waals surface area contributed by atoms with E-state index in [1.54, 1.807) is 0 Å². The Labute approximate surface area is 237 Å². The number of phosphoric ester groups is 1. The number of phosphoric acid groups is 1. The van der Waals surface area contributed by atoms with E-state index in [-0.39, 0.29) is 32.1 Å². The fourth-order valence-corrected chi connectivity index (χ4v) is 4.60. The fourth-order valence-electron chi connectivity index (χ4n) is 3.84. The second-order valence-electron chi connectivity index (χ2n) is 10.1. The maximum atomic E-state index is 11.9. The highest BCUT2D eigenvalue weighted by molar-refractivity contribution is 7.47. The monoisotopic (exact) mass is 577 g/mol. The molecule has 0 aromatic carbocycles. The third kappa shape index (κ3) is 28.1. The van der Waals surface area contributed by atoms with Crippen molar-refractivity contribution in [1.29, 1.82) is 0 Å². The van der Waals surface area contributed by atoms with Crippen LogP contribution in [0.5, 0.6) is 0 Å². The lowest BCUT2D eigenvalue weighted by Gasteiger charge is -2.15. The number of nitrogens with one attached hydrogen (secondary N) is 1. The first-order chi connectivity index (χ1) is 18.8. The van der Waals surface area contributed by atoms with E-state index < -0.39 is 26.5 Å². The first-order valence-corrected chi connectivity index (χ1v) is 16.7. The number of allylic oxidation sites excluding steroid dienone is 2. The molecular weight excluding hydrogens is 521 g/mol. The number of aliphatic hydroxyl groups is 1. The Bertz CT molecular complexity index is 674. The Morgan fingerprint density at radius 1 is 0.769 bits per heavy atom. The molecule has 3 N–H and O–H groups in total. The van der Waals surface area contributed by atoms with Crippen LogP contribution in [-0.4, -0.2) is 54.3 Å². The molecule has 0 rings (SSSR count). The zero-order valence-corrected chi connectivity index (χ0v) is 25.5. The Hall–Kier alpha value is -1.25. The molecule has 1 amide bonds. The van der Waals surface area contributed by atoms with E-state index in [1.165, 1.54) is 44.9 Å². The van der Waals surface area contributed by atoms with Crippen molar-refractivity contribution in [3.05, 3.63) is 12.2 Å². The molecule has 2 atom stereocenters. The molecule has 0 spiro atoms. The van der Waals surface area contributed by atoms with E-state index >= 15 is 0 Å². The normalized spacial score (nSPS) is 13.8. The van der Waals surface area contributed by atoms with Gasteiger partial charge in [0.25, 0.3) is 0 Å². The largest absolute Gasteiger partial charge is 0.472 e. The minimum Gasteiger partial charge on any atom is -0.463 e. The molecule has 9 nitrogen and oxygen atoms in total. The SMILES string of the molecule is CCCCCCC/C=C\CCCCCCCC(=O)NCCOP(=O)(O)OCC(O)COC(=O)CCCCCC. The summed E-state index contributed by atoms with van der Waals surface area (Å²) < 4.78 is 26.4. The van der Waals surface area contributed by atoms with Crippen molar-refractivity contribution < 1.29 is 37.9 Å². The second-order valence-corrected chi connectivity index (χ2v) is 11.5. The number of rotatable bonds is 28. The lowest BCUT2D eigenvalue weighted by Crippen LogP contribution is -2.27. The molecule has 10 heteroatoms. The molecule has 0 heterocycles. The van der Waals surface area contributed by atoms with Gasteiger partial charge in [0, 0.05) is 19.4 Å². The Balaban J connectivity index is 3.64. The highest BCUT2D eigenvalue weighted by Gasteiger charge is 2.23. The van der Waals surface area contributed by atoms with Crippen LogP contribution < -0.4 is 5.32 Å². The predicted molar refractivity (Wildman–Crippen MR) is 155 cm³/mol. The van der Waals surface area contributed by atoms with Crippen molar-refractivity contribution in [3.8, 4) is 0 Å². The molecule has 0 aromatic heterocycles. The third-order valence-corrected chi connectivity index (χ3v) is 7.18. The number of unbranched alkanes of at least 4 members (excludes halogenated alkanes) is 13. The second kappa shape index (κ2) is 26.9. The van der Waals surface area contributed by atoms with Crippen molar-refractivity contribution in [2.75, 3.05) is 26.4 Å². The van der Waals surface area contributed by atoms with Crippen LogP contribution in [0.1, 0.15) is 129 Å². The van der Waals surface area contributed by atoms with Gasteiger partial charge in [0.05, 0.1) is 13.2 Å². The molecule has 0 aromatic rings. The zero-order chi connectivity index (χ0) is 29.0. The molecule has 0 radical (unpaired) electrons. The number of carbonyl (C=O) groups excluding carboxylic acids is 2. The van der Waals surface area contributed by atoms with E-state index in [4.69, 9.17) is 13.8 Å². The number of amides is 1. The van der Waals surface area contributed by atoms with Crippen LogP contribution in [0.3, 0.4) is 0 Å². The molecular formula is C29H56NO8P. The minimum absolute atomic E-state index is 0.0792. The van der Waals surface area contributed by atoms with Gasteiger partial charge < -0.3 is 20.1 Å². The molecule has 0 saturated carbocycles. The van der Waals surface area contributed by atoms with E-state index in [0.717, 1.165) is 57.8 Å². The van der Waals surface area contributed by atoms with Crippen molar-refractivity contribution in [1.82, 2.24) is 5.32 Å². The van der Waals surface area contributed by atoms with Crippen LogP contribution in [0.4, 0.5) is 0 Å². The summed E-state index contributed by atoms with van der Waals surface area (Å²) in [5, 5.41) is 12.4. The lowest BCUT2D eigenvalue weighted by molar-refractivity contribution is -0.147. The minimum atomic E-state index is -4.39. The van der Waals surface area contributed by atoms with Crippen LogP contribution in [0.25, 0.3) is 0 Å². The van der Waals surface area contributed by atoms with E-state index in [1.807, 2.05) is 0 Å². The molecule has 0 bridgehead atoms. The quantitative estimate of drug-likeness (QED) is 0.0402.